The number of thioether (sulfide) groups is 1. The van der Waals surface area contributed by atoms with Crippen LogP contribution >= 0.6 is 11.8 Å². The third kappa shape index (κ3) is 17.8. The highest BCUT2D eigenvalue weighted by molar-refractivity contribution is 8.00. The maximum Gasteiger partial charge on any atom is 0.315 e. The third-order valence-electron chi connectivity index (χ3n) is 9.62. The second-order valence-electron chi connectivity index (χ2n) is 15.3. The van der Waals surface area contributed by atoms with E-state index < -0.39 is 91.0 Å². The molecule has 0 aromatic rings. The molecule has 0 spiro atoms. The van der Waals surface area contributed by atoms with Crippen LogP contribution in [0, 0.1) is 17.8 Å². The molecule has 0 radical (unpaired) electrons. The summed E-state index contributed by atoms with van der Waals surface area (Å²) >= 11 is 1.83. The third-order valence-corrected chi connectivity index (χ3v) is 11.1. The first kappa shape index (κ1) is 49.4. The first-order valence-electron chi connectivity index (χ1n) is 19.7. The van der Waals surface area contributed by atoms with E-state index in [0.717, 1.165) is 25.0 Å². The molecule has 21 nitrogen and oxygen atoms in total. The monoisotopic (exact) mass is 842 g/mol. The van der Waals surface area contributed by atoms with Gasteiger partial charge in [-0.15, -0.1) is 0 Å². The van der Waals surface area contributed by atoms with Gasteiger partial charge in [-0.2, -0.15) is 11.8 Å². The smallest absolute Gasteiger partial charge is 0.315 e. The van der Waals surface area contributed by atoms with Crippen molar-refractivity contribution < 1.29 is 53.5 Å². The van der Waals surface area contributed by atoms with Crippen LogP contribution in [0.2, 0.25) is 0 Å². The number of carbonyl (C=O) groups excluding carboxylic acids is 9. The molecule has 2 aliphatic heterocycles. The predicted octanol–water partition coefficient (Wildman–Crippen LogP) is -2.62. The molecule has 2 saturated heterocycles. The van der Waals surface area contributed by atoms with Crippen LogP contribution in [-0.4, -0.2) is 131 Å². The topological polar surface area (TPSA) is 328 Å². The van der Waals surface area contributed by atoms with Gasteiger partial charge in [0.15, 0.2) is 0 Å². The molecule has 0 bridgehead atoms. The van der Waals surface area contributed by atoms with Crippen molar-refractivity contribution in [2.75, 3.05) is 32.0 Å². The molecular weight excluding hydrogens is 781 g/mol. The highest BCUT2D eigenvalue weighted by Crippen LogP contribution is 2.33. The first-order valence-corrected chi connectivity index (χ1v) is 20.7. The maximum absolute atomic E-state index is 13.1. The second kappa shape index (κ2) is 25.6. The lowest BCUT2D eigenvalue weighted by Gasteiger charge is -2.26. The molecule has 22 heteroatoms. The van der Waals surface area contributed by atoms with Gasteiger partial charge in [0.05, 0.1) is 31.8 Å². The lowest BCUT2D eigenvalue weighted by Crippen LogP contribution is -2.57. The number of nitrogens with one attached hydrogen (secondary N) is 9. The van der Waals surface area contributed by atoms with E-state index in [1.807, 2.05) is 25.6 Å². The minimum absolute atomic E-state index is 0.0125. The van der Waals surface area contributed by atoms with Gasteiger partial charge in [-0.3, -0.25) is 43.6 Å². The van der Waals surface area contributed by atoms with E-state index in [1.165, 1.54) is 5.48 Å². The Balaban J connectivity index is 1.67. The maximum atomic E-state index is 13.1. The second-order valence-corrected chi connectivity index (χ2v) is 16.5. The molecular formula is C36H62N10O11S. The fourth-order valence-corrected chi connectivity index (χ4v) is 8.05. The van der Waals surface area contributed by atoms with Crippen molar-refractivity contribution in [3.05, 3.63) is 0 Å². The highest BCUT2D eigenvalue weighted by Gasteiger charge is 2.42. The number of hydrogen-bond acceptors (Lipinski definition) is 12. The summed E-state index contributed by atoms with van der Waals surface area (Å²) in [4.78, 5) is 111. The van der Waals surface area contributed by atoms with E-state index in [4.69, 9.17) is 10.9 Å². The molecule has 58 heavy (non-hydrogen) atoms. The SMILES string of the molecule is CC(C)CC(CC(=O)NO)C(=O)N[C@H](C(=O)N[C@@H](CO)C(=O)NCC(=O)NCC(=O)N[C@@H](CCCCNC(=O)CCCC[C@@H]1SC[C@@H]2NC(=O)N[C@@H]21)C(N)=O)C(C)C. The summed E-state index contributed by atoms with van der Waals surface area (Å²) in [7, 11) is 0. The summed E-state index contributed by atoms with van der Waals surface area (Å²) in [6, 6.07) is -3.51. The summed E-state index contributed by atoms with van der Waals surface area (Å²) in [6.07, 6.45) is 4.03. The molecule has 0 aromatic carbocycles. The van der Waals surface area contributed by atoms with Crippen LogP contribution in [0.15, 0.2) is 0 Å². The Morgan fingerprint density at radius 2 is 1.50 bits per heavy atom. The minimum atomic E-state index is -1.51. The molecule has 2 heterocycles. The fraction of sp³-hybridized carbons (Fsp3) is 0.750. The molecule has 13 N–H and O–H groups in total. The number of carbonyl (C=O) groups is 9. The fourth-order valence-electron chi connectivity index (χ4n) is 6.51. The number of aliphatic hydroxyl groups excluding tert-OH is 1. The van der Waals surface area contributed by atoms with Crippen molar-refractivity contribution >= 4 is 65.1 Å². The number of fused-ring (bicyclic) bond motifs is 1. The van der Waals surface area contributed by atoms with Gasteiger partial charge in [0, 0.05) is 36.3 Å². The van der Waals surface area contributed by atoms with Crippen molar-refractivity contribution in [1.29, 1.82) is 0 Å². The van der Waals surface area contributed by atoms with E-state index in [1.54, 1.807) is 13.8 Å². The molecule has 2 rings (SSSR count). The molecule has 1 unspecified atom stereocenters. The predicted molar refractivity (Wildman–Crippen MR) is 211 cm³/mol. The van der Waals surface area contributed by atoms with E-state index in [-0.39, 0.29) is 49.2 Å². The lowest BCUT2D eigenvalue weighted by molar-refractivity contribution is -0.137. The number of aliphatic hydroxyl groups is 1. The van der Waals surface area contributed by atoms with Crippen molar-refractivity contribution in [2.45, 2.75) is 121 Å². The Hall–Kier alpha value is -4.70. The Morgan fingerprint density at radius 3 is 2.14 bits per heavy atom. The molecule has 10 amide bonds. The number of urea groups is 1. The largest absolute Gasteiger partial charge is 0.394 e. The van der Waals surface area contributed by atoms with Crippen molar-refractivity contribution in [1.82, 2.24) is 48.0 Å². The molecule has 2 aliphatic rings. The van der Waals surface area contributed by atoms with Crippen molar-refractivity contribution in [2.24, 2.45) is 23.5 Å². The average Bonchev–Trinajstić information content (AvgIpc) is 3.72. The zero-order valence-electron chi connectivity index (χ0n) is 33.6. The van der Waals surface area contributed by atoms with Crippen LogP contribution in [0.1, 0.15) is 85.5 Å². The van der Waals surface area contributed by atoms with Crippen molar-refractivity contribution in [3.8, 4) is 0 Å². The van der Waals surface area contributed by atoms with Crippen molar-refractivity contribution in [3.63, 3.8) is 0 Å². The number of nitrogens with two attached hydrogens (primary N) is 1. The van der Waals surface area contributed by atoms with Crippen LogP contribution in [0.5, 0.6) is 0 Å². The lowest BCUT2D eigenvalue weighted by atomic mass is 9.92. The molecule has 0 saturated carbocycles. The summed E-state index contributed by atoms with van der Waals surface area (Å²) in [5, 5.41) is 39.6. The van der Waals surface area contributed by atoms with E-state index in [9.17, 15) is 48.3 Å². The molecule has 2 fully saturated rings. The Bertz CT molecular complexity index is 1450. The van der Waals surface area contributed by atoms with Gasteiger partial charge in [0.1, 0.15) is 18.1 Å². The van der Waals surface area contributed by atoms with E-state index >= 15 is 0 Å². The molecule has 7 atom stereocenters. The van der Waals surface area contributed by atoms with Gasteiger partial charge < -0.3 is 53.4 Å². The van der Waals surface area contributed by atoms with E-state index in [0.29, 0.717) is 31.1 Å². The van der Waals surface area contributed by atoms with Gasteiger partial charge in [-0.05, 0) is 50.4 Å². The van der Waals surface area contributed by atoms with Gasteiger partial charge in [-0.25, -0.2) is 10.3 Å². The molecule has 0 aromatic heterocycles. The number of amides is 10. The average molecular weight is 843 g/mol. The van der Waals surface area contributed by atoms with Gasteiger partial charge in [0.25, 0.3) is 0 Å². The Morgan fingerprint density at radius 1 is 0.793 bits per heavy atom. The van der Waals surface area contributed by atoms with Gasteiger partial charge >= 0.3 is 6.03 Å². The summed E-state index contributed by atoms with van der Waals surface area (Å²) in [6.45, 7) is 5.30. The number of unbranched alkanes of at least 4 members (excludes halogenated alkanes) is 2. The molecule has 0 aliphatic carbocycles. The zero-order valence-corrected chi connectivity index (χ0v) is 34.5. The zero-order chi connectivity index (χ0) is 43.4. The minimum Gasteiger partial charge on any atom is -0.394 e. The number of primary amides is 1. The first-order chi connectivity index (χ1) is 27.4. The van der Waals surface area contributed by atoms with Crippen LogP contribution < -0.4 is 53.7 Å². The number of hydroxylamine groups is 1. The van der Waals surface area contributed by atoms with Gasteiger partial charge in [-0.1, -0.05) is 34.1 Å². The molecule has 328 valence electrons. The summed E-state index contributed by atoms with van der Waals surface area (Å²) < 4.78 is 0. The summed E-state index contributed by atoms with van der Waals surface area (Å²) in [5.41, 5.74) is 6.93. The number of rotatable bonds is 27. The van der Waals surface area contributed by atoms with Crippen LogP contribution in [0.3, 0.4) is 0 Å². The van der Waals surface area contributed by atoms with Crippen LogP contribution in [0.25, 0.3) is 0 Å². The summed E-state index contributed by atoms with van der Waals surface area (Å²) in [5.74, 6) is -5.93. The van der Waals surface area contributed by atoms with Crippen LogP contribution in [-0.2, 0) is 38.4 Å². The highest BCUT2D eigenvalue weighted by atomic mass is 32.2. The Kier molecular flexibility index (Phi) is 21.8. The Labute approximate surface area is 342 Å². The number of hydrogen-bond donors (Lipinski definition) is 12. The van der Waals surface area contributed by atoms with Crippen LogP contribution in [0.4, 0.5) is 4.79 Å². The van der Waals surface area contributed by atoms with E-state index in [2.05, 4.69) is 42.5 Å². The normalized spacial score (nSPS) is 19.0. The van der Waals surface area contributed by atoms with Gasteiger partial charge in [0.2, 0.25) is 47.3 Å². The standard InChI is InChI=1S/C36H62N10O11S/c1-19(2)13-21(14-27(49)46-57)33(53)44-30(20(3)4)35(55)42-23(17-47)34(54)40-15-28(50)39-16-29(51)41-22(32(37)52)9-7-8-12-38-26(48)11-6-5-10-25-31-24(18-58-25)43-36(56)45-31/h19-25,30-31,47,57H,5-18H2,1-4H3,(H2,37,52)(H,38,48)(H,39,50)(H,40,54)(H,41,51)(H,42,55)(H,44,53)(H,46,49)(H2,43,45,56)/t21?,22-,23-,24-,25-,30-,31-/m0/s1. The quantitative estimate of drug-likeness (QED) is 0.0175.